The van der Waals surface area contributed by atoms with Gasteiger partial charge in [0.25, 0.3) is 0 Å². The summed E-state index contributed by atoms with van der Waals surface area (Å²) in [5, 5.41) is 8.86. The number of hydrogen-bond donors (Lipinski definition) is 1. The van der Waals surface area contributed by atoms with E-state index < -0.39 is 5.97 Å². The molecule has 1 rings (SSSR count). The van der Waals surface area contributed by atoms with Gasteiger partial charge in [0.1, 0.15) is 0 Å². The third-order valence-corrected chi connectivity index (χ3v) is 3.78. The molecular weight excluding hydrogens is 166 g/mol. The second-order valence-corrected chi connectivity index (χ2v) is 4.80. The van der Waals surface area contributed by atoms with Crippen LogP contribution in [0.25, 0.3) is 0 Å². The lowest BCUT2D eigenvalue weighted by Crippen LogP contribution is -2.49. The van der Waals surface area contributed by atoms with Crippen molar-refractivity contribution in [2.45, 2.75) is 38.6 Å². The van der Waals surface area contributed by atoms with Gasteiger partial charge >= 0.3 is 5.97 Å². The lowest BCUT2D eigenvalue weighted by molar-refractivity contribution is -0.141. The van der Waals surface area contributed by atoms with Crippen molar-refractivity contribution >= 4 is 5.97 Å². The van der Waals surface area contributed by atoms with Crippen LogP contribution < -0.4 is 0 Å². The Morgan fingerprint density at radius 3 is 2.23 bits per heavy atom. The molecule has 3 nitrogen and oxygen atoms in total. The predicted molar refractivity (Wildman–Crippen MR) is 51.7 cm³/mol. The van der Waals surface area contributed by atoms with Crippen LogP contribution in [0.1, 0.15) is 33.1 Å². The van der Waals surface area contributed by atoms with Crippen LogP contribution in [0, 0.1) is 5.41 Å². The van der Waals surface area contributed by atoms with E-state index in [9.17, 15) is 4.79 Å². The van der Waals surface area contributed by atoms with Crippen molar-refractivity contribution in [2.24, 2.45) is 5.41 Å². The molecule has 0 aromatic carbocycles. The highest BCUT2D eigenvalue weighted by Crippen LogP contribution is 2.56. The number of rotatable bonds is 4. The maximum Gasteiger partial charge on any atom is 0.305 e. The normalized spacial score (nSPS) is 24.1. The van der Waals surface area contributed by atoms with Crippen molar-refractivity contribution in [3.63, 3.8) is 0 Å². The molecule has 0 aliphatic heterocycles. The fourth-order valence-electron chi connectivity index (χ4n) is 1.93. The van der Waals surface area contributed by atoms with Gasteiger partial charge in [0.2, 0.25) is 0 Å². The summed E-state index contributed by atoms with van der Waals surface area (Å²) >= 11 is 0. The molecule has 1 aliphatic carbocycles. The summed E-state index contributed by atoms with van der Waals surface area (Å²) in [6.45, 7) is 4.23. The molecule has 0 radical (unpaired) electrons. The minimum atomic E-state index is -0.704. The molecule has 0 aromatic rings. The molecule has 1 aliphatic rings. The van der Waals surface area contributed by atoms with Crippen LogP contribution in [-0.2, 0) is 4.79 Å². The topological polar surface area (TPSA) is 40.5 Å². The summed E-state index contributed by atoms with van der Waals surface area (Å²) in [7, 11) is 3.93. The van der Waals surface area contributed by atoms with Gasteiger partial charge in [-0.1, -0.05) is 6.92 Å². The minimum absolute atomic E-state index is 0.196. The molecule has 0 bridgehead atoms. The van der Waals surface area contributed by atoms with Gasteiger partial charge in [-0.25, -0.2) is 0 Å². The molecule has 1 fully saturated rings. The first-order chi connectivity index (χ1) is 5.82. The average Bonchev–Trinajstić information content (AvgIpc) is 2.67. The van der Waals surface area contributed by atoms with Crippen molar-refractivity contribution < 1.29 is 9.90 Å². The molecule has 13 heavy (non-hydrogen) atoms. The zero-order valence-electron chi connectivity index (χ0n) is 8.92. The zero-order chi connectivity index (χ0) is 10.3. The Kier molecular flexibility index (Phi) is 2.41. The largest absolute Gasteiger partial charge is 0.481 e. The van der Waals surface area contributed by atoms with Gasteiger partial charge in [0.05, 0.1) is 6.42 Å². The number of nitrogens with zero attached hydrogens (tertiary/aromatic N) is 1. The number of carbonyl (C=O) groups is 1. The van der Waals surface area contributed by atoms with E-state index in [4.69, 9.17) is 5.11 Å². The van der Waals surface area contributed by atoms with E-state index in [-0.39, 0.29) is 17.4 Å². The molecule has 0 amide bonds. The van der Waals surface area contributed by atoms with E-state index in [1.54, 1.807) is 0 Å². The molecule has 1 N–H and O–H groups in total. The Morgan fingerprint density at radius 1 is 1.54 bits per heavy atom. The summed E-state index contributed by atoms with van der Waals surface area (Å²) in [4.78, 5) is 12.8. The standard InChI is InChI=1S/C10H19NO2/c1-9(5-6-9)10(2,11(3)4)7-8(12)13/h5-7H2,1-4H3,(H,12,13). The van der Waals surface area contributed by atoms with Gasteiger partial charge in [0, 0.05) is 5.54 Å². The fraction of sp³-hybridized carbons (Fsp3) is 0.900. The van der Waals surface area contributed by atoms with Crippen LogP contribution in [0.2, 0.25) is 0 Å². The van der Waals surface area contributed by atoms with Gasteiger partial charge in [0.15, 0.2) is 0 Å². The highest BCUT2D eigenvalue weighted by Gasteiger charge is 2.54. The maximum absolute atomic E-state index is 10.8. The van der Waals surface area contributed by atoms with Crippen molar-refractivity contribution in [3.05, 3.63) is 0 Å². The van der Waals surface area contributed by atoms with E-state index in [2.05, 4.69) is 6.92 Å². The summed E-state index contributed by atoms with van der Waals surface area (Å²) in [5.74, 6) is -0.704. The second-order valence-electron chi connectivity index (χ2n) is 4.80. The Bertz CT molecular complexity index is 221. The van der Waals surface area contributed by atoms with Crippen LogP contribution in [0.5, 0.6) is 0 Å². The quantitative estimate of drug-likeness (QED) is 0.723. The lowest BCUT2D eigenvalue weighted by atomic mass is 9.80. The first kappa shape index (κ1) is 10.5. The number of carboxylic acids is 1. The van der Waals surface area contributed by atoms with E-state index in [1.807, 2.05) is 25.9 Å². The van der Waals surface area contributed by atoms with Crippen LogP contribution in [0.4, 0.5) is 0 Å². The minimum Gasteiger partial charge on any atom is -0.481 e. The van der Waals surface area contributed by atoms with Crippen LogP contribution in [-0.4, -0.2) is 35.6 Å². The van der Waals surface area contributed by atoms with E-state index in [1.165, 1.54) is 0 Å². The van der Waals surface area contributed by atoms with Gasteiger partial charge < -0.3 is 10.0 Å². The molecule has 3 heteroatoms. The van der Waals surface area contributed by atoms with Crippen molar-refractivity contribution in [2.75, 3.05) is 14.1 Å². The summed E-state index contributed by atoms with van der Waals surface area (Å²) in [6.07, 6.45) is 2.53. The molecule has 0 spiro atoms. The van der Waals surface area contributed by atoms with Crippen molar-refractivity contribution in [1.82, 2.24) is 4.90 Å². The lowest BCUT2D eigenvalue weighted by Gasteiger charge is -2.41. The van der Waals surface area contributed by atoms with E-state index in [0.717, 1.165) is 12.8 Å². The van der Waals surface area contributed by atoms with Crippen molar-refractivity contribution in [3.8, 4) is 0 Å². The molecule has 0 heterocycles. The Morgan fingerprint density at radius 2 is 2.00 bits per heavy atom. The summed E-state index contributed by atoms with van der Waals surface area (Å²) < 4.78 is 0. The first-order valence-corrected chi connectivity index (χ1v) is 4.71. The maximum atomic E-state index is 10.8. The monoisotopic (exact) mass is 185 g/mol. The predicted octanol–water partition coefficient (Wildman–Crippen LogP) is 1.58. The third-order valence-electron chi connectivity index (χ3n) is 3.78. The van der Waals surface area contributed by atoms with Gasteiger partial charge in [-0.15, -0.1) is 0 Å². The molecular formula is C10H19NO2. The second kappa shape index (κ2) is 2.98. The van der Waals surface area contributed by atoms with Gasteiger partial charge in [-0.3, -0.25) is 4.79 Å². The highest BCUT2D eigenvalue weighted by molar-refractivity contribution is 5.68. The van der Waals surface area contributed by atoms with Crippen LogP contribution in [0.3, 0.4) is 0 Å². The third kappa shape index (κ3) is 1.70. The van der Waals surface area contributed by atoms with Gasteiger partial charge in [-0.2, -0.15) is 0 Å². The summed E-state index contributed by atoms with van der Waals surface area (Å²) in [6, 6.07) is 0. The summed E-state index contributed by atoms with van der Waals surface area (Å²) in [5.41, 5.74) is 0.00766. The highest BCUT2D eigenvalue weighted by atomic mass is 16.4. The first-order valence-electron chi connectivity index (χ1n) is 4.71. The Labute approximate surface area is 79.7 Å². The molecule has 76 valence electrons. The molecule has 1 saturated carbocycles. The number of hydrogen-bond acceptors (Lipinski definition) is 2. The molecule has 0 saturated heterocycles. The number of aliphatic carboxylic acids is 1. The van der Waals surface area contributed by atoms with Crippen molar-refractivity contribution in [1.29, 1.82) is 0 Å². The number of carboxylic acid groups (broad SMARTS) is 1. The average molecular weight is 185 g/mol. The Hall–Kier alpha value is -0.570. The van der Waals surface area contributed by atoms with Crippen LogP contribution >= 0.6 is 0 Å². The van der Waals surface area contributed by atoms with E-state index >= 15 is 0 Å². The molecule has 1 atom stereocenters. The fourth-order valence-corrected chi connectivity index (χ4v) is 1.93. The van der Waals surface area contributed by atoms with Crippen LogP contribution in [0.15, 0.2) is 0 Å². The van der Waals surface area contributed by atoms with Gasteiger partial charge in [-0.05, 0) is 39.3 Å². The zero-order valence-corrected chi connectivity index (χ0v) is 8.92. The Balaban J connectivity index is 2.81. The molecule has 1 unspecified atom stereocenters. The smallest absolute Gasteiger partial charge is 0.305 e. The molecule has 0 aromatic heterocycles. The van der Waals surface area contributed by atoms with E-state index in [0.29, 0.717) is 0 Å². The SMILES string of the molecule is CN(C)C(C)(CC(=O)O)C1(C)CC1.